The van der Waals surface area contributed by atoms with E-state index in [1.807, 2.05) is 19.1 Å². The van der Waals surface area contributed by atoms with Crippen LogP contribution < -0.4 is 5.32 Å². The van der Waals surface area contributed by atoms with Gasteiger partial charge in [0.2, 0.25) is 0 Å². The van der Waals surface area contributed by atoms with Gasteiger partial charge in [0, 0.05) is 29.2 Å². The van der Waals surface area contributed by atoms with Gasteiger partial charge in [0.25, 0.3) is 0 Å². The molecule has 0 aromatic heterocycles. The quantitative estimate of drug-likeness (QED) is 0.878. The van der Waals surface area contributed by atoms with Crippen molar-refractivity contribution in [3.05, 3.63) is 28.2 Å². The highest BCUT2D eigenvalue weighted by molar-refractivity contribution is 9.10. The van der Waals surface area contributed by atoms with Gasteiger partial charge in [-0.25, -0.2) is 0 Å². The maximum Gasteiger partial charge on any atom is 0.120 e. The number of benzene rings is 1. The lowest BCUT2D eigenvalue weighted by Crippen LogP contribution is -2.45. The van der Waals surface area contributed by atoms with Crippen LogP contribution in [0.15, 0.2) is 22.7 Å². The first kappa shape index (κ1) is 12.9. The van der Waals surface area contributed by atoms with E-state index in [0.29, 0.717) is 24.4 Å². The number of phenolic OH excluding ortho intramolecular Hbond substituents is 1. The Kier molecular flexibility index (Phi) is 4.42. The minimum absolute atomic E-state index is 0.349. The van der Waals surface area contributed by atoms with Crippen LogP contribution in [0.25, 0.3) is 0 Å². The van der Waals surface area contributed by atoms with Gasteiger partial charge < -0.3 is 15.2 Å². The molecule has 1 fully saturated rings. The predicted octanol–water partition coefficient (Wildman–Crippen LogP) is 2.81. The normalized spacial score (nSPS) is 23.4. The number of hydrogen-bond acceptors (Lipinski definition) is 3. The molecule has 1 saturated carbocycles. The van der Waals surface area contributed by atoms with E-state index in [1.165, 1.54) is 0 Å². The molecule has 1 aliphatic rings. The van der Waals surface area contributed by atoms with Gasteiger partial charge >= 0.3 is 0 Å². The van der Waals surface area contributed by atoms with Crippen molar-refractivity contribution in [2.24, 2.45) is 0 Å². The molecule has 17 heavy (non-hydrogen) atoms. The maximum absolute atomic E-state index is 9.69. The molecule has 4 heteroatoms. The summed E-state index contributed by atoms with van der Waals surface area (Å²) in [5.74, 6) is 0.349. The van der Waals surface area contributed by atoms with E-state index >= 15 is 0 Å². The molecule has 0 spiro atoms. The van der Waals surface area contributed by atoms with Gasteiger partial charge in [-0.15, -0.1) is 0 Å². The Balaban J connectivity index is 1.77. The van der Waals surface area contributed by atoms with Gasteiger partial charge in [0.05, 0.1) is 6.10 Å². The number of halogens is 1. The van der Waals surface area contributed by atoms with Crippen LogP contribution in [0.4, 0.5) is 0 Å². The van der Waals surface area contributed by atoms with Crippen LogP contribution in [-0.4, -0.2) is 23.9 Å². The molecule has 0 unspecified atom stereocenters. The Hall–Kier alpha value is -0.580. The fourth-order valence-electron chi connectivity index (χ4n) is 2.05. The van der Waals surface area contributed by atoms with Crippen LogP contribution >= 0.6 is 15.9 Å². The van der Waals surface area contributed by atoms with Crippen molar-refractivity contribution in [3.8, 4) is 5.75 Å². The van der Waals surface area contributed by atoms with Crippen molar-refractivity contribution in [2.75, 3.05) is 6.61 Å². The molecular weight excluding hydrogens is 282 g/mol. The van der Waals surface area contributed by atoms with Crippen LogP contribution in [0, 0.1) is 0 Å². The molecule has 3 nitrogen and oxygen atoms in total. The molecular formula is C13H18BrNO2. The topological polar surface area (TPSA) is 41.5 Å². The third-order valence-corrected chi connectivity index (χ3v) is 3.61. The molecule has 0 aliphatic heterocycles. The van der Waals surface area contributed by atoms with Crippen LogP contribution in [0.3, 0.4) is 0 Å². The van der Waals surface area contributed by atoms with Crippen LogP contribution in [-0.2, 0) is 11.3 Å². The van der Waals surface area contributed by atoms with E-state index in [0.717, 1.165) is 29.5 Å². The number of hydrogen-bond donors (Lipinski definition) is 2. The van der Waals surface area contributed by atoms with Gasteiger partial charge in [-0.1, -0.05) is 15.9 Å². The van der Waals surface area contributed by atoms with E-state index in [-0.39, 0.29) is 0 Å². The molecule has 0 bridgehead atoms. The van der Waals surface area contributed by atoms with Gasteiger partial charge in [-0.2, -0.15) is 0 Å². The Morgan fingerprint density at radius 1 is 1.47 bits per heavy atom. The summed E-state index contributed by atoms with van der Waals surface area (Å²) in [6.45, 7) is 3.53. The van der Waals surface area contributed by atoms with Crippen molar-refractivity contribution in [1.29, 1.82) is 0 Å². The molecule has 0 atom stereocenters. The minimum atomic E-state index is 0.349. The summed E-state index contributed by atoms with van der Waals surface area (Å²) < 4.78 is 6.50. The second-order valence-electron chi connectivity index (χ2n) is 4.40. The Labute approximate surface area is 110 Å². The van der Waals surface area contributed by atoms with E-state index in [9.17, 15) is 5.11 Å². The van der Waals surface area contributed by atoms with Crippen LogP contribution in [0.5, 0.6) is 5.75 Å². The van der Waals surface area contributed by atoms with Gasteiger partial charge in [0.1, 0.15) is 5.75 Å². The zero-order valence-electron chi connectivity index (χ0n) is 9.95. The molecule has 0 heterocycles. The summed E-state index contributed by atoms with van der Waals surface area (Å²) in [5, 5.41) is 13.1. The molecule has 0 radical (unpaired) electrons. The number of ether oxygens (including phenoxy) is 1. The highest BCUT2D eigenvalue weighted by atomic mass is 79.9. The van der Waals surface area contributed by atoms with E-state index in [1.54, 1.807) is 6.07 Å². The van der Waals surface area contributed by atoms with Crippen molar-refractivity contribution in [3.63, 3.8) is 0 Å². The number of nitrogens with one attached hydrogen (secondary N) is 1. The first-order chi connectivity index (χ1) is 8.19. The first-order valence-electron chi connectivity index (χ1n) is 6.01. The average Bonchev–Trinajstić information content (AvgIpc) is 2.26. The lowest BCUT2D eigenvalue weighted by Gasteiger charge is -2.35. The Bertz CT molecular complexity index is 378. The lowest BCUT2D eigenvalue weighted by molar-refractivity contribution is -0.0102. The Morgan fingerprint density at radius 2 is 2.24 bits per heavy atom. The molecule has 1 aromatic rings. The summed E-state index contributed by atoms with van der Waals surface area (Å²) in [5.41, 5.74) is 0.930. The fourth-order valence-corrected chi connectivity index (χ4v) is 2.46. The highest BCUT2D eigenvalue weighted by Crippen LogP contribution is 2.25. The monoisotopic (exact) mass is 299 g/mol. The third-order valence-electron chi connectivity index (χ3n) is 3.12. The van der Waals surface area contributed by atoms with Gasteiger partial charge in [-0.3, -0.25) is 0 Å². The average molecular weight is 300 g/mol. The molecule has 1 aliphatic carbocycles. The van der Waals surface area contributed by atoms with Gasteiger partial charge in [-0.05, 0) is 38.0 Å². The Morgan fingerprint density at radius 3 is 2.94 bits per heavy atom. The number of aromatic hydroxyl groups is 1. The summed E-state index contributed by atoms with van der Waals surface area (Å²) in [6.07, 6.45) is 2.57. The minimum Gasteiger partial charge on any atom is -0.508 e. The predicted molar refractivity (Wildman–Crippen MR) is 71.1 cm³/mol. The van der Waals surface area contributed by atoms with E-state index in [2.05, 4.69) is 21.2 Å². The van der Waals surface area contributed by atoms with Crippen molar-refractivity contribution in [1.82, 2.24) is 5.32 Å². The number of phenols is 1. The summed E-state index contributed by atoms with van der Waals surface area (Å²) >= 11 is 3.41. The second-order valence-corrected chi connectivity index (χ2v) is 5.32. The SMILES string of the molecule is CCOC1CC(NCc2cc(Br)ccc2O)C1. The van der Waals surface area contributed by atoms with E-state index in [4.69, 9.17) is 4.74 Å². The maximum atomic E-state index is 9.69. The van der Waals surface area contributed by atoms with Crippen molar-refractivity contribution >= 4 is 15.9 Å². The molecule has 1 aromatic carbocycles. The van der Waals surface area contributed by atoms with Crippen molar-refractivity contribution in [2.45, 2.75) is 38.5 Å². The van der Waals surface area contributed by atoms with Crippen LogP contribution in [0.1, 0.15) is 25.3 Å². The fraction of sp³-hybridized carbons (Fsp3) is 0.538. The molecule has 94 valence electrons. The largest absolute Gasteiger partial charge is 0.508 e. The zero-order chi connectivity index (χ0) is 12.3. The summed E-state index contributed by atoms with van der Waals surface area (Å²) in [7, 11) is 0. The van der Waals surface area contributed by atoms with Crippen molar-refractivity contribution < 1.29 is 9.84 Å². The number of rotatable bonds is 5. The first-order valence-corrected chi connectivity index (χ1v) is 6.80. The molecule has 0 saturated heterocycles. The molecule has 2 N–H and O–H groups in total. The second kappa shape index (κ2) is 5.85. The summed E-state index contributed by atoms with van der Waals surface area (Å²) in [4.78, 5) is 0. The smallest absolute Gasteiger partial charge is 0.120 e. The standard InChI is InChI=1S/C13H18BrNO2/c1-2-17-12-6-11(7-12)15-8-9-5-10(14)3-4-13(9)16/h3-5,11-12,15-16H,2,6-8H2,1H3. The van der Waals surface area contributed by atoms with Crippen LogP contribution in [0.2, 0.25) is 0 Å². The lowest BCUT2D eigenvalue weighted by atomic mass is 9.89. The molecule has 0 amide bonds. The highest BCUT2D eigenvalue weighted by Gasteiger charge is 2.28. The van der Waals surface area contributed by atoms with Gasteiger partial charge in [0.15, 0.2) is 0 Å². The summed E-state index contributed by atoms with van der Waals surface area (Å²) in [6, 6.07) is 6.02. The third kappa shape index (κ3) is 3.44. The molecule has 2 rings (SSSR count). The zero-order valence-corrected chi connectivity index (χ0v) is 11.5. The van der Waals surface area contributed by atoms with E-state index < -0.39 is 0 Å².